The molecule has 2 aliphatic rings. The van der Waals surface area contributed by atoms with Crippen molar-refractivity contribution in [3.05, 3.63) is 0 Å². The predicted octanol–water partition coefficient (Wildman–Crippen LogP) is 2.47. The minimum Gasteiger partial charge on any atom is -0.343 e. The molecule has 2 rings (SSSR count). The molecular weight excluding hydrogens is 274 g/mol. The number of nitrogens with two attached hydrogens (primary N) is 1. The van der Waals surface area contributed by atoms with Crippen LogP contribution in [-0.2, 0) is 4.79 Å². The van der Waals surface area contributed by atoms with E-state index in [-0.39, 0.29) is 6.04 Å². The van der Waals surface area contributed by atoms with Gasteiger partial charge in [-0.3, -0.25) is 4.79 Å². The Morgan fingerprint density at radius 1 is 1.09 bits per heavy atom. The van der Waals surface area contributed by atoms with Gasteiger partial charge in [0.1, 0.15) is 0 Å². The second-order valence-electron chi connectivity index (χ2n) is 7.22. The summed E-state index contributed by atoms with van der Waals surface area (Å²) in [6.07, 6.45) is 7.75. The molecular formula is C18H35N3O. The number of nitrogens with zero attached hydrogens (tertiary/aromatic N) is 2. The maximum Gasteiger partial charge on any atom is 0.222 e. The molecule has 2 N–H and O–H groups in total. The van der Waals surface area contributed by atoms with Crippen molar-refractivity contribution in [1.29, 1.82) is 0 Å². The number of hydrogen-bond donors (Lipinski definition) is 1. The van der Waals surface area contributed by atoms with Crippen LogP contribution in [0.3, 0.4) is 0 Å². The number of likely N-dealkylation sites (tertiary alicyclic amines) is 1. The van der Waals surface area contributed by atoms with Gasteiger partial charge < -0.3 is 15.5 Å². The maximum atomic E-state index is 12.5. The Kier molecular flexibility index (Phi) is 7.16. The van der Waals surface area contributed by atoms with Crippen molar-refractivity contribution in [2.45, 2.75) is 64.8 Å². The highest BCUT2D eigenvalue weighted by Gasteiger charge is 2.28. The standard InChI is InChI=1S/C18H35N3O/c1-3-20(4-2)14-15-9-11-21(12-10-15)18(22)13-16-7-5-6-8-17(16)19/h15-17H,3-14,19H2,1-2H3. The second kappa shape index (κ2) is 8.88. The fourth-order valence-corrected chi connectivity index (χ4v) is 4.06. The summed E-state index contributed by atoms with van der Waals surface area (Å²) in [5.74, 6) is 1.54. The lowest BCUT2D eigenvalue weighted by Gasteiger charge is -2.36. The summed E-state index contributed by atoms with van der Waals surface area (Å²) in [5, 5.41) is 0. The van der Waals surface area contributed by atoms with Crippen molar-refractivity contribution >= 4 is 5.91 Å². The van der Waals surface area contributed by atoms with Crippen LogP contribution >= 0.6 is 0 Å². The molecule has 0 radical (unpaired) electrons. The monoisotopic (exact) mass is 309 g/mol. The van der Waals surface area contributed by atoms with E-state index in [9.17, 15) is 4.79 Å². The lowest BCUT2D eigenvalue weighted by molar-refractivity contribution is -0.134. The van der Waals surface area contributed by atoms with Gasteiger partial charge in [0.2, 0.25) is 5.91 Å². The zero-order valence-electron chi connectivity index (χ0n) is 14.6. The van der Waals surface area contributed by atoms with Crippen molar-refractivity contribution < 1.29 is 4.79 Å². The predicted molar refractivity (Wildman–Crippen MR) is 91.6 cm³/mol. The number of rotatable bonds is 6. The molecule has 1 amide bonds. The third-order valence-electron chi connectivity index (χ3n) is 5.78. The number of piperidine rings is 1. The minimum absolute atomic E-state index is 0.248. The number of hydrogen-bond acceptors (Lipinski definition) is 3. The quantitative estimate of drug-likeness (QED) is 0.820. The zero-order valence-corrected chi connectivity index (χ0v) is 14.6. The van der Waals surface area contributed by atoms with Gasteiger partial charge in [0.15, 0.2) is 0 Å². The molecule has 1 saturated heterocycles. The van der Waals surface area contributed by atoms with Gasteiger partial charge in [-0.05, 0) is 50.6 Å². The van der Waals surface area contributed by atoms with Gasteiger partial charge in [-0.1, -0.05) is 26.7 Å². The van der Waals surface area contributed by atoms with E-state index >= 15 is 0 Å². The van der Waals surface area contributed by atoms with Crippen LogP contribution < -0.4 is 5.73 Å². The van der Waals surface area contributed by atoms with Crippen molar-refractivity contribution in [3.8, 4) is 0 Å². The molecule has 2 atom stereocenters. The summed E-state index contributed by atoms with van der Waals surface area (Å²) in [6, 6.07) is 0.248. The Balaban J connectivity index is 1.72. The molecule has 4 heteroatoms. The van der Waals surface area contributed by atoms with Crippen molar-refractivity contribution in [1.82, 2.24) is 9.80 Å². The average molecular weight is 309 g/mol. The van der Waals surface area contributed by atoms with Crippen LogP contribution in [0, 0.1) is 11.8 Å². The molecule has 1 heterocycles. The molecule has 0 bridgehead atoms. The SMILES string of the molecule is CCN(CC)CC1CCN(C(=O)CC2CCCCC2N)CC1. The summed E-state index contributed by atoms with van der Waals surface area (Å²) in [5.41, 5.74) is 6.19. The van der Waals surface area contributed by atoms with E-state index in [1.54, 1.807) is 0 Å². The summed E-state index contributed by atoms with van der Waals surface area (Å²) in [7, 11) is 0. The molecule has 0 aromatic rings. The second-order valence-corrected chi connectivity index (χ2v) is 7.22. The van der Waals surface area contributed by atoms with Crippen LogP contribution in [0.2, 0.25) is 0 Å². The first-order chi connectivity index (χ1) is 10.6. The molecule has 22 heavy (non-hydrogen) atoms. The largest absolute Gasteiger partial charge is 0.343 e. The van der Waals surface area contributed by atoms with E-state index in [1.165, 1.54) is 32.2 Å². The summed E-state index contributed by atoms with van der Waals surface area (Å²) < 4.78 is 0. The summed E-state index contributed by atoms with van der Waals surface area (Å²) in [4.78, 5) is 17.1. The molecule has 1 aliphatic carbocycles. The van der Waals surface area contributed by atoms with Crippen molar-refractivity contribution in [3.63, 3.8) is 0 Å². The first kappa shape index (κ1) is 17.7. The number of carbonyl (C=O) groups excluding carboxylic acids is 1. The van der Waals surface area contributed by atoms with Gasteiger partial charge in [-0.25, -0.2) is 0 Å². The van der Waals surface area contributed by atoms with Gasteiger partial charge in [0.05, 0.1) is 0 Å². The van der Waals surface area contributed by atoms with Crippen LogP contribution in [0.1, 0.15) is 58.8 Å². The molecule has 2 unspecified atom stereocenters. The lowest BCUT2D eigenvalue weighted by atomic mass is 9.82. The first-order valence-corrected chi connectivity index (χ1v) is 9.39. The molecule has 1 saturated carbocycles. The molecule has 0 aromatic heterocycles. The highest BCUT2D eigenvalue weighted by molar-refractivity contribution is 5.76. The fraction of sp³-hybridized carbons (Fsp3) is 0.944. The van der Waals surface area contributed by atoms with Crippen LogP contribution in [0.4, 0.5) is 0 Å². The van der Waals surface area contributed by atoms with Crippen LogP contribution in [-0.4, -0.2) is 54.5 Å². The van der Waals surface area contributed by atoms with E-state index < -0.39 is 0 Å². The Bertz CT molecular complexity index is 335. The topological polar surface area (TPSA) is 49.6 Å². The Hall–Kier alpha value is -0.610. The third-order valence-corrected chi connectivity index (χ3v) is 5.78. The molecule has 0 spiro atoms. The van der Waals surface area contributed by atoms with Gasteiger partial charge in [-0.15, -0.1) is 0 Å². The number of amides is 1. The third kappa shape index (κ3) is 4.95. The lowest BCUT2D eigenvalue weighted by Crippen LogP contribution is -2.43. The van der Waals surface area contributed by atoms with E-state index in [0.29, 0.717) is 18.2 Å². The van der Waals surface area contributed by atoms with E-state index in [2.05, 4.69) is 23.6 Å². The van der Waals surface area contributed by atoms with Crippen LogP contribution in [0.25, 0.3) is 0 Å². The minimum atomic E-state index is 0.248. The number of carbonyl (C=O) groups is 1. The van der Waals surface area contributed by atoms with Crippen LogP contribution in [0.5, 0.6) is 0 Å². The smallest absolute Gasteiger partial charge is 0.222 e. The average Bonchev–Trinajstić information content (AvgIpc) is 2.55. The normalized spacial score (nSPS) is 27.4. The summed E-state index contributed by atoms with van der Waals surface area (Å²) >= 11 is 0. The van der Waals surface area contributed by atoms with E-state index in [1.807, 2.05) is 0 Å². The molecule has 0 aromatic carbocycles. The van der Waals surface area contributed by atoms with Gasteiger partial charge in [0, 0.05) is 32.1 Å². The summed E-state index contributed by atoms with van der Waals surface area (Å²) in [6.45, 7) is 9.83. The van der Waals surface area contributed by atoms with Gasteiger partial charge in [0.25, 0.3) is 0 Å². The molecule has 2 fully saturated rings. The zero-order chi connectivity index (χ0) is 15.9. The van der Waals surface area contributed by atoms with Gasteiger partial charge in [-0.2, -0.15) is 0 Å². The highest BCUT2D eigenvalue weighted by Crippen LogP contribution is 2.27. The van der Waals surface area contributed by atoms with Crippen molar-refractivity contribution in [2.24, 2.45) is 17.6 Å². The fourth-order valence-electron chi connectivity index (χ4n) is 4.06. The van der Waals surface area contributed by atoms with Crippen LogP contribution in [0.15, 0.2) is 0 Å². The maximum absolute atomic E-state index is 12.5. The molecule has 4 nitrogen and oxygen atoms in total. The first-order valence-electron chi connectivity index (χ1n) is 9.39. The van der Waals surface area contributed by atoms with E-state index in [4.69, 9.17) is 5.73 Å². The van der Waals surface area contributed by atoms with E-state index in [0.717, 1.165) is 44.9 Å². The highest BCUT2D eigenvalue weighted by atomic mass is 16.2. The Labute approximate surface area is 136 Å². The van der Waals surface area contributed by atoms with Gasteiger partial charge >= 0.3 is 0 Å². The Morgan fingerprint density at radius 3 is 2.32 bits per heavy atom. The van der Waals surface area contributed by atoms with Crippen molar-refractivity contribution in [2.75, 3.05) is 32.7 Å². The molecule has 1 aliphatic heterocycles. The Morgan fingerprint density at radius 2 is 1.73 bits per heavy atom. The molecule has 128 valence electrons.